The topological polar surface area (TPSA) is 72.5 Å². The zero-order valence-corrected chi connectivity index (χ0v) is 9.21. The van der Waals surface area contributed by atoms with Crippen LogP contribution in [0.15, 0.2) is 18.2 Å². The fourth-order valence-electron chi connectivity index (χ4n) is 1.03. The van der Waals surface area contributed by atoms with E-state index in [-0.39, 0.29) is 5.56 Å². The summed E-state index contributed by atoms with van der Waals surface area (Å²) in [5, 5.41) is 8.77. The van der Waals surface area contributed by atoms with Gasteiger partial charge in [-0.25, -0.2) is 4.79 Å². The summed E-state index contributed by atoms with van der Waals surface area (Å²) < 4.78 is 5.36. The molecule has 0 atom stereocenters. The summed E-state index contributed by atoms with van der Waals surface area (Å²) in [4.78, 5) is 10.7. The first kappa shape index (κ1) is 11.7. The molecule has 0 amide bonds. The minimum absolute atomic E-state index is 0.184. The highest BCUT2D eigenvalue weighted by Gasteiger charge is 2.07. The van der Waals surface area contributed by atoms with Gasteiger partial charge < -0.3 is 15.6 Å². The molecule has 0 spiro atoms. The number of aromatic carboxylic acids is 1. The Morgan fingerprint density at radius 1 is 1.60 bits per heavy atom. The van der Waals surface area contributed by atoms with Gasteiger partial charge in [0.05, 0.1) is 17.9 Å². The predicted molar refractivity (Wildman–Crippen MR) is 61.7 cm³/mol. The Labute approximate surface area is 92.4 Å². The van der Waals surface area contributed by atoms with Crippen LogP contribution in [0.5, 0.6) is 5.75 Å². The number of rotatable bonds is 5. The number of anilines is 1. The first-order valence-corrected chi connectivity index (χ1v) is 5.79. The van der Waals surface area contributed by atoms with E-state index in [9.17, 15) is 4.79 Å². The van der Waals surface area contributed by atoms with E-state index in [4.69, 9.17) is 15.6 Å². The molecule has 0 saturated carbocycles. The Bertz CT molecular complexity index is 355. The smallest absolute Gasteiger partial charge is 0.335 e. The summed E-state index contributed by atoms with van der Waals surface area (Å²) in [5.41, 5.74) is 6.29. The maximum atomic E-state index is 10.7. The molecule has 15 heavy (non-hydrogen) atoms. The molecule has 0 saturated heterocycles. The maximum Gasteiger partial charge on any atom is 0.335 e. The van der Waals surface area contributed by atoms with Crippen LogP contribution in [-0.2, 0) is 0 Å². The molecule has 1 aromatic rings. The Balaban J connectivity index is 2.76. The van der Waals surface area contributed by atoms with Crippen LogP contribution in [-0.4, -0.2) is 29.7 Å². The van der Waals surface area contributed by atoms with Gasteiger partial charge in [-0.05, 0) is 24.5 Å². The van der Waals surface area contributed by atoms with Crippen molar-refractivity contribution in [2.45, 2.75) is 0 Å². The van der Waals surface area contributed by atoms with Crippen molar-refractivity contribution >= 4 is 23.4 Å². The highest BCUT2D eigenvalue weighted by atomic mass is 32.2. The van der Waals surface area contributed by atoms with Crippen LogP contribution in [0.25, 0.3) is 0 Å². The van der Waals surface area contributed by atoms with Crippen LogP contribution in [0.4, 0.5) is 5.69 Å². The Kier molecular flexibility index (Phi) is 4.30. The highest BCUT2D eigenvalue weighted by molar-refractivity contribution is 7.98. The van der Waals surface area contributed by atoms with Crippen molar-refractivity contribution in [2.75, 3.05) is 24.3 Å². The van der Waals surface area contributed by atoms with Gasteiger partial charge in [0, 0.05) is 5.75 Å². The number of thioether (sulfide) groups is 1. The third-order valence-corrected chi connectivity index (χ3v) is 2.38. The molecule has 4 nitrogen and oxygen atoms in total. The van der Waals surface area contributed by atoms with E-state index in [0.29, 0.717) is 18.0 Å². The fourth-order valence-corrected chi connectivity index (χ4v) is 1.28. The number of hydrogen-bond donors (Lipinski definition) is 2. The molecular weight excluding hydrogens is 214 g/mol. The largest absolute Gasteiger partial charge is 0.491 e. The van der Waals surface area contributed by atoms with Crippen LogP contribution in [0, 0.1) is 0 Å². The molecule has 0 aromatic heterocycles. The predicted octanol–water partition coefficient (Wildman–Crippen LogP) is 1.71. The van der Waals surface area contributed by atoms with Gasteiger partial charge in [-0.1, -0.05) is 0 Å². The molecule has 1 rings (SSSR count). The van der Waals surface area contributed by atoms with E-state index in [1.807, 2.05) is 6.26 Å². The molecule has 0 unspecified atom stereocenters. The van der Waals surface area contributed by atoms with Gasteiger partial charge in [0.25, 0.3) is 0 Å². The summed E-state index contributed by atoms with van der Waals surface area (Å²) in [6.07, 6.45) is 1.97. The van der Waals surface area contributed by atoms with Gasteiger partial charge in [0.15, 0.2) is 0 Å². The summed E-state index contributed by atoms with van der Waals surface area (Å²) in [6, 6.07) is 4.44. The lowest BCUT2D eigenvalue weighted by atomic mass is 10.2. The minimum atomic E-state index is -0.982. The summed E-state index contributed by atoms with van der Waals surface area (Å²) >= 11 is 1.66. The second-order valence-corrected chi connectivity index (χ2v) is 3.88. The van der Waals surface area contributed by atoms with E-state index >= 15 is 0 Å². The van der Waals surface area contributed by atoms with E-state index < -0.39 is 5.97 Å². The average Bonchev–Trinajstić information content (AvgIpc) is 2.20. The Morgan fingerprint density at radius 2 is 2.33 bits per heavy atom. The molecule has 1 aromatic carbocycles. The van der Waals surface area contributed by atoms with Crippen molar-refractivity contribution in [1.82, 2.24) is 0 Å². The zero-order chi connectivity index (χ0) is 11.3. The average molecular weight is 227 g/mol. The molecule has 0 heterocycles. The summed E-state index contributed by atoms with van der Waals surface area (Å²) in [6.45, 7) is 0.522. The molecule has 0 radical (unpaired) electrons. The lowest BCUT2D eigenvalue weighted by molar-refractivity contribution is 0.0696. The number of benzene rings is 1. The zero-order valence-electron chi connectivity index (χ0n) is 8.40. The third kappa shape index (κ3) is 3.36. The van der Waals surface area contributed by atoms with Crippen molar-refractivity contribution < 1.29 is 14.6 Å². The van der Waals surface area contributed by atoms with E-state index in [0.717, 1.165) is 5.75 Å². The summed E-state index contributed by atoms with van der Waals surface area (Å²) in [5.74, 6) is 0.296. The molecule has 0 aliphatic rings. The van der Waals surface area contributed by atoms with E-state index in [1.54, 1.807) is 11.8 Å². The quantitative estimate of drug-likeness (QED) is 0.591. The van der Waals surface area contributed by atoms with Gasteiger partial charge in [-0.3, -0.25) is 0 Å². The van der Waals surface area contributed by atoms with E-state index in [1.165, 1.54) is 18.2 Å². The number of hydrogen-bond acceptors (Lipinski definition) is 4. The monoisotopic (exact) mass is 227 g/mol. The SMILES string of the molecule is CSCCOc1cc(C(=O)O)ccc1N. The van der Waals surface area contributed by atoms with Crippen molar-refractivity contribution in [3.8, 4) is 5.75 Å². The van der Waals surface area contributed by atoms with Crippen molar-refractivity contribution in [3.63, 3.8) is 0 Å². The van der Waals surface area contributed by atoms with Crippen LogP contribution >= 0.6 is 11.8 Å². The molecule has 0 aliphatic carbocycles. The van der Waals surface area contributed by atoms with Crippen LogP contribution in [0.2, 0.25) is 0 Å². The lowest BCUT2D eigenvalue weighted by Gasteiger charge is -2.08. The number of carbonyl (C=O) groups is 1. The molecular formula is C10H13NO3S. The van der Waals surface area contributed by atoms with Crippen LogP contribution < -0.4 is 10.5 Å². The number of nitrogens with two attached hydrogens (primary N) is 1. The fraction of sp³-hybridized carbons (Fsp3) is 0.300. The molecule has 0 aliphatic heterocycles. The van der Waals surface area contributed by atoms with Crippen LogP contribution in [0.1, 0.15) is 10.4 Å². The van der Waals surface area contributed by atoms with Gasteiger partial charge in [0.2, 0.25) is 0 Å². The number of carboxylic acid groups (broad SMARTS) is 1. The van der Waals surface area contributed by atoms with Gasteiger partial charge in [-0.15, -0.1) is 0 Å². The second kappa shape index (κ2) is 5.50. The van der Waals surface area contributed by atoms with Crippen molar-refractivity contribution in [1.29, 1.82) is 0 Å². The van der Waals surface area contributed by atoms with E-state index in [2.05, 4.69) is 0 Å². The number of ether oxygens (including phenoxy) is 1. The minimum Gasteiger partial charge on any atom is -0.491 e. The molecule has 82 valence electrons. The second-order valence-electron chi connectivity index (χ2n) is 2.90. The Morgan fingerprint density at radius 3 is 2.93 bits per heavy atom. The summed E-state index contributed by atoms with van der Waals surface area (Å²) in [7, 11) is 0. The number of nitrogen functional groups attached to an aromatic ring is 1. The Hall–Kier alpha value is -1.36. The lowest BCUT2D eigenvalue weighted by Crippen LogP contribution is -2.04. The molecule has 0 fully saturated rings. The molecule has 5 heteroatoms. The van der Waals surface area contributed by atoms with Crippen molar-refractivity contribution in [2.24, 2.45) is 0 Å². The maximum absolute atomic E-state index is 10.7. The normalized spacial score (nSPS) is 9.93. The molecule has 3 N–H and O–H groups in total. The highest BCUT2D eigenvalue weighted by Crippen LogP contribution is 2.22. The van der Waals surface area contributed by atoms with Crippen LogP contribution in [0.3, 0.4) is 0 Å². The standard InChI is InChI=1S/C10H13NO3S/c1-15-5-4-14-9-6-7(10(12)13)2-3-8(9)11/h2-3,6H,4-5,11H2,1H3,(H,12,13). The van der Waals surface area contributed by atoms with Crippen molar-refractivity contribution in [3.05, 3.63) is 23.8 Å². The first-order valence-electron chi connectivity index (χ1n) is 4.39. The first-order chi connectivity index (χ1) is 7.15. The van der Waals surface area contributed by atoms with Gasteiger partial charge in [0.1, 0.15) is 5.75 Å². The van der Waals surface area contributed by atoms with Gasteiger partial charge in [-0.2, -0.15) is 11.8 Å². The number of carboxylic acids is 1. The van der Waals surface area contributed by atoms with Gasteiger partial charge >= 0.3 is 5.97 Å². The third-order valence-electron chi connectivity index (χ3n) is 1.81. The molecule has 0 bridgehead atoms.